The Bertz CT molecular complexity index is 739. The summed E-state index contributed by atoms with van der Waals surface area (Å²) in [5.41, 5.74) is 11.1. The van der Waals surface area contributed by atoms with Crippen LogP contribution >= 0.6 is 0 Å². The molecule has 0 unspecified atom stereocenters. The average molecular weight is 325 g/mol. The van der Waals surface area contributed by atoms with Gasteiger partial charge in [0.25, 0.3) is 0 Å². The number of benzene rings is 1. The summed E-state index contributed by atoms with van der Waals surface area (Å²) in [6.45, 7) is 7.39. The highest BCUT2D eigenvalue weighted by Gasteiger charge is 2.25. The van der Waals surface area contributed by atoms with Crippen LogP contribution < -0.4 is 5.73 Å². The molecule has 2 N–H and O–H groups in total. The van der Waals surface area contributed by atoms with Gasteiger partial charge >= 0.3 is 0 Å². The minimum atomic E-state index is -0.314. The Balaban J connectivity index is 1.66. The van der Waals surface area contributed by atoms with Crippen LogP contribution in [-0.4, -0.2) is 15.7 Å². The number of nitrogens with zero attached hydrogens (tertiary/aromatic N) is 2. The molecule has 2 aromatic rings. The van der Waals surface area contributed by atoms with Gasteiger partial charge in [-0.1, -0.05) is 18.2 Å². The number of carbonyl (C=O) groups is 1. The van der Waals surface area contributed by atoms with Gasteiger partial charge in [-0.25, -0.2) is 0 Å². The van der Waals surface area contributed by atoms with Crippen molar-refractivity contribution in [1.29, 1.82) is 0 Å². The van der Waals surface area contributed by atoms with Crippen molar-refractivity contribution in [2.45, 2.75) is 58.9 Å². The Morgan fingerprint density at radius 2 is 1.83 bits per heavy atom. The molecule has 1 aromatic carbocycles. The summed E-state index contributed by atoms with van der Waals surface area (Å²) in [7, 11) is 0. The van der Waals surface area contributed by atoms with Crippen LogP contribution in [0.25, 0.3) is 0 Å². The number of amides is 1. The largest absolute Gasteiger partial charge is 0.366 e. The molecule has 0 radical (unpaired) electrons. The number of aryl methyl sites for hydroxylation is 1. The summed E-state index contributed by atoms with van der Waals surface area (Å²) in [5.74, 6) is 0.803. The van der Waals surface area contributed by atoms with Crippen molar-refractivity contribution in [3.8, 4) is 0 Å². The van der Waals surface area contributed by atoms with Crippen molar-refractivity contribution in [3.63, 3.8) is 0 Å². The standard InChI is InChI=1S/C20H27N3O/c1-13-14(2)22-23(15(13)3)12-16-8-10-17(11-9-16)18-6-4-5-7-19(18)20(21)24/h4-7,16-17H,8-12H2,1-3H3,(H2,21,24). The lowest BCUT2D eigenvalue weighted by Gasteiger charge is -2.29. The van der Waals surface area contributed by atoms with E-state index in [4.69, 9.17) is 5.73 Å². The fourth-order valence-electron chi connectivity index (χ4n) is 3.94. The smallest absolute Gasteiger partial charge is 0.248 e. The first kappa shape index (κ1) is 16.7. The maximum atomic E-state index is 11.7. The van der Waals surface area contributed by atoms with Crippen LogP contribution in [0.3, 0.4) is 0 Å². The molecule has 3 rings (SSSR count). The van der Waals surface area contributed by atoms with E-state index in [9.17, 15) is 4.79 Å². The Morgan fingerprint density at radius 1 is 1.17 bits per heavy atom. The number of primary amides is 1. The van der Waals surface area contributed by atoms with Crippen LogP contribution in [0, 0.1) is 26.7 Å². The Hall–Kier alpha value is -2.10. The third-order valence-electron chi connectivity index (χ3n) is 5.69. The second-order valence-corrected chi connectivity index (χ2v) is 7.15. The minimum Gasteiger partial charge on any atom is -0.366 e. The summed E-state index contributed by atoms with van der Waals surface area (Å²) in [6, 6.07) is 7.81. The summed E-state index contributed by atoms with van der Waals surface area (Å²) in [6.07, 6.45) is 4.59. The Morgan fingerprint density at radius 3 is 2.42 bits per heavy atom. The van der Waals surface area contributed by atoms with Crippen molar-refractivity contribution in [1.82, 2.24) is 9.78 Å². The van der Waals surface area contributed by atoms with Gasteiger partial charge in [-0.15, -0.1) is 0 Å². The first-order chi connectivity index (χ1) is 11.5. The van der Waals surface area contributed by atoms with Gasteiger partial charge in [-0.05, 0) is 75.5 Å². The molecule has 1 aliphatic carbocycles. The molecule has 1 amide bonds. The lowest BCUT2D eigenvalue weighted by Crippen LogP contribution is -2.21. The zero-order valence-corrected chi connectivity index (χ0v) is 14.9. The van der Waals surface area contributed by atoms with Crippen molar-refractivity contribution >= 4 is 5.91 Å². The molecular weight excluding hydrogens is 298 g/mol. The molecule has 0 spiro atoms. The second-order valence-electron chi connectivity index (χ2n) is 7.15. The van der Waals surface area contributed by atoms with E-state index in [2.05, 4.69) is 36.6 Å². The number of rotatable bonds is 4. The van der Waals surface area contributed by atoms with E-state index in [1.807, 2.05) is 18.2 Å². The monoisotopic (exact) mass is 325 g/mol. The molecule has 1 saturated carbocycles. The fourth-order valence-corrected chi connectivity index (χ4v) is 3.94. The third-order valence-corrected chi connectivity index (χ3v) is 5.69. The lowest BCUT2D eigenvalue weighted by atomic mass is 9.77. The number of nitrogens with two attached hydrogens (primary N) is 1. The zero-order valence-electron chi connectivity index (χ0n) is 14.9. The van der Waals surface area contributed by atoms with Crippen LogP contribution in [0.5, 0.6) is 0 Å². The quantitative estimate of drug-likeness (QED) is 0.927. The second kappa shape index (κ2) is 6.80. The predicted molar refractivity (Wildman–Crippen MR) is 96.1 cm³/mol. The summed E-state index contributed by atoms with van der Waals surface area (Å²) in [4.78, 5) is 11.7. The molecule has 0 bridgehead atoms. The molecule has 1 aromatic heterocycles. The predicted octanol–water partition coefficient (Wildman–Crippen LogP) is 3.88. The summed E-state index contributed by atoms with van der Waals surface area (Å²) in [5, 5.41) is 4.67. The van der Waals surface area contributed by atoms with Crippen molar-refractivity contribution in [2.24, 2.45) is 11.7 Å². The van der Waals surface area contributed by atoms with Gasteiger partial charge in [-0.2, -0.15) is 5.10 Å². The van der Waals surface area contributed by atoms with Crippen LogP contribution in [0.1, 0.15) is 64.5 Å². The van der Waals surface area contributed by atoms with Gasteiger partial charge in [0, 0.05) is 17.8 Å². The van der Waals surface area contributed by atoms with E-state index < -0.39 is 0 Å². The average Bonchev–Trinajstić information content (AvgIpc) is 2.82. The van der Waals surface area contributed by atoms with Crippen LogP contribution in [0.15, 0.2) is 24.3 Å². The molecule has 4 nitrogen and oxygen atoms in total. The lowest BCUT2D eigenvalue weighted by molar-refractivity contribution is 0.0998. The first-order valence-electron chi connectivity index (χ1n) is 8.86. The van der Waals surface area contributed by atoms with Crippen LogP contribution in [0.2, 0.25) is 0 Å². The molecule has 0 saturated heterocycles. The normalized spacial score (nSPS) is 21.0. The van der Waals surface area contributed by atoms with Crippen molar-refractivity contribution in [2.75, 3.05) is 0 Å². The molecule has 1 aliphatic rings. The topological polar surface area (TPSA) is 60.9 Å². The summed E-state index contributed by atoms with van der Waals surface area (Å²) >= 11 is 0. The van der Waals surface area contributed by atoms with Gasteiger partial charge in [0.15, 0.2) is 0 Å². The molecular formula is C20H27N3O. The van der Waals surface area contributed by atoms with Gasteiger partial charge in [0.05, 0.1) is 5.69 Å². The van der Waals surface area contributed by atoms with Gasteiger partial charge in [0.1, 0.15) is 0 Å². The SMILES string of the molecule is Cc1nn(CC2CCC(c3ccccc3C(N)=O)CC2)c(C)c1C. The minimum absolute atomic E-state index is 0.314. The highest BCUT2D eigenvalue weighted by molar-refractivity contribution is 5.94. The highest BCUT2D eigenvalue weighted by atomic mass is 16.1. The van der Waals surface area contributed by atoms with Crippen LogP contribution in [0.4, 0.5) is 0 Å². The Labute approximate surface area is 144 Å². The fraction of sp³-hybridized carbons (Fsp3) is 0.500. The molecule has 0 aliphatic heterocycles. The molecule has 128 valence electrons. The van der Waals surface area contributed by atoms with E-state index in [1.54, 1.807) is 0 Å². The number of hydrogen-bond donors (Lipinski definition) is 1. The molecule has 4 heteroatoms. The van der Waals surface area contributed by atoms with E-state index >= 15 is 0 Å². The molecule has 24 heavy (non-hydrogen) atoms. The number of aromatic nitrogens is 2. The number of carbonyl (C=O) groups excluding carboxylic acids is 1. The van der Waals surface area contributed by atoms with E-state index in [1.165, 1.54) is 24.1 Å². The maximum absolute atomic E-state index is 11.7. The van der Waals surface area contributed by atoms with E-state index in [0.717, 1.165) is 30.6 Å². The van der Waals surface area contributed by atoms with Gasteiger partial charge in [0.2, 0.25) is 5.91 Å². The third kappa shape index (κ3) is 3.23. The highest BCUT2D eigenvalue weighted by Crippen LogP contribution is 2.37. The molecule has 1 heterocycles. The van der Waals surface area contributed by atoms with E-state index in [-0.39, 0.29) is 5.91 Å². The maximum Gasteiger partial charge on any atom is 0.248 e. The van der Waals surface area contributed by atoms with Crippen molar-refractivity contribution < 1.29 is 4.79 Å². The summed E-state index contributed by atoms with van der Waals surface area (Å²) < 4.78 is 2.17. The van der Waals surface area contributed by atoms with Crippen LogP contribution in [-0.2, 0) is 6.54 Å². The van der Waals surface area contributed by atoms with Gasteiger partial charge in [-0.3, -0.25) is 9.48 Å². The molecule has 0 atom stereocenters. The van der Waals surface area contributed by atoms with Gasteiger partial charge < -0.3 is 5.73 Å². The first-order valence-corrected chi connectivity index (χ1v) is 8.86. The number of hydrogen-bond acceptors (Lipinski definition) is 2. The van der Waals surface area contributed by atoms with E-state index in [0.29, 0.717) is 17.4 Å². The zero-order chi connectivity index (χ0) is 17.3. The molecule has 1 fully saturated rings. The Kier molecular flexibility index (Phi) is 4.74. The van der Waals surface area contributed by atoms with Crippen molar-refractivity contribution in [3.05, 3.63) is 52.3 Å².